The van der Waals surface area contributed by atoms with Gasteiger partial charge < -0.3 is 19.6 Å². The zero-order valence-corrected chi connectivity index (χ0v) is 16.1. The molecule has 28 heavy (non-hydrogen) atoms. The van der Waals surface area contributed by atoms with Crippen molar-refractivity contribution in [3.05, 3.63) is 52.5 Å². The van der Waals surface area contributed by atoms with Crippen molar-refractivity contribution >= 4 is 16.9 Å². The molecule has 0 radical (unpaired) electrons. The summed E-state index contributed by atoms with van der Waals surface area (Å²) in [7, 11) is 3.63. The number of carbonyl (C=O) groups is 1. The number of nitrogens with zero attached hydrogens (tertiary/aromatic N) is 4. The molecular weight excluding hydrogens is 358 g/mol. The summed E-state index contributed by atoms with van der Waals surface area (Å²) >= 11 is 0. The van der Waals surface area contributed by atoms with Gasteiger partial charge in [0.05, 0.1) is 23.7 Å². The average Bonchev–Trinajstić information content (AvgIpc) is 3.23. The Morgan fingerprint density at radius 2 is 2.07 bits per heavy atom. The molecule has 3 aromatic rings. The number of hydrogen-bond acceptors (Lipinski definition) is 4. The van der Waals surface area contributed by atoms with Crippen molar-refractivity contribution in [2.45, 2.75) is 44.4 Å². The second-order valence-electron chi connectivity index (χ2n) is 7.61. The summed E-state index contributed by atoms with van der Waals surface area (Å²) in [6.07, 6.45) is 6.25. The lowest BCUT2D eigenvalue weighted by Crippen LogP contribution is -2.27. The van der Waals surface area contributed by atoms with Crippen LogP contribution in [-0.4, -0.2) is 48.2 Å². The van der Waals surface area contributed by atoms with Crippen molar-refractivity contribution in [3.8, 4) is 0 Å². The third kappa shape index (κ3) is 3.35. The highest BCUT2D eigenvalue weighted by Gasteiger charge is 2.24. The highest BCUT2D eigenvalue weighted by molar-refractivity contribution is 5.97. The average molecular weight is 383 g/mol. The second-order valence-corrected chi connectivity index (χ2v) is 7.61. The van der Waals surface area contributed by atoms with Gasteiger partial charge in [0.1, 0.15) is 5.82 Å². The van der Waals surface area contributed by atoms with Gasteiger partial charge in [0, 0.05) is 38.1 Å². The van der Waals surface area contributed by atoms with E-state index < -0.39 is 0 Å². The first-order valence-corrected chi connectivity index (χ1v) is 9.58. The molecule has 148 valence electrons. The van der Waals surface area contributed by atoms with Crippen LogP contribution in [0.1, 0.15) is 47.9 Å². The Bertz CT molecular complexity index is 1060. The molecule has 2 aromatic heterocycles. The maximum Gasteiger partial charge on any atom is 0.326 e. The third-order valence-electron chi connectivity index (χ3n) is 5.64. The molecule has 0 unspecified atom stereocenters. The number of rotatable bonds is 4. The van der Waals surface area contributed by atoms with Crippen LogP contribution in [0.25, 0.3) is 11.0 Å². The Morgan fingerprint density at radius 3 is 2.75 bits per heavy atom. The minimum Gasteiger partial charge on any atom is -0.393 e. The summed E-state index contributed by atoms with van der Waals surface area (Å²) in [6.45, 7) is 0.405. The molecule has 1 saturated carbocycles. The zero-order chi connectivity index (χ0) is 19.8. The van der Waals surface area contributed by atoms with E-state index in [0.717, 1.165) is 24.2 Å². The number of amides is 1. The molecule has 1 aromatic carbocycles. The van der Waals surface area contributed by atoms with Gasteiger partial charge in [-0.05, 0) is 43.9 Å². The summed E-state index contributed by atoms with van der Waals surface area (Å²) in [6, 6.07) is 5.42. The normalized spacial score (nSPS) is 19.8. The fourth-order valence-electron chi connectivity index (χ4n) is 4.00. The van der Waals surface area contributed by atoms with E-state index in [4.69, 9.17) is 0 Å². The molecule has 1 aliphatic rings. The largest absolute Gasteiger partial charge is 0.393 e. The topological polar surface area (TPSA) is 96.2 Å². The smallest absolute Gasteiger partial charge is 0.326 e. The number of aliphatic hydroxyl groups is 1. The maximum absolute atomic E-state index is 12.8. The summed E-state index contributed by atoms with van der Waals surface area (Å²) in [5, 5.41) is 9.72. The Hall–Kier alpha value is -2.87. The monoisotopic (exact) mass is 383 g/mol. The first kappa shape index (κ1) is 18.5. The van der Waals surface area contributed by atoms with E-state index in [0.29, 0.717) is 30.5 Å². The summed E-state index contributed by atoms with van der Waals surface area (Å²) in [5.74, 6) is 0.676. The number of hydrogen-bond donors (Lipinski definition) is 2. The number of carbonyl (C=O) groups excluding carboxylic acids is 1. The fraction of sp³-hybridized carbons (Fsp3) is 0.450. The van der Waals surface area contributed by atoms with Crippen molar-refractivity contribution in [2.24, 2.45) is 7.05 Å². The lowest BCUT2D eigenvalue weighted by atomic mass is 9.93. The molecule has 2 N–H and O–H groups in total. The third-order valence-corrected chi connectivity index (χ3v) is 5.64. The van der Waals surface area contributed by atoms with Crippen LogP contribution in [0.4, 0.5) is 0 Å². The first-order valence-electron chi connectivity index (χ1n) is 9.58. The lowest BCUT2D eigenvalue weighted by molar-refractivity contribution is 0.0780. The number of aromatic amines is 1. The number of imidazole rings is 2. The van der Waals surface area contributed by atoms with Crippen molar-refractivity contribution in [2.75, 3.05) is 7.05 Å². The number of aromatic nitrogens is 4. The summed E-state index contributed by atoms with van der Waals surface area (Å²) < 4.78 is 3.65. The molecule has 0 saturated heterocycles. The Labute approximate surface area is 162 Å². The van der Waals surface area contributed by atoms with Crippen molar-refractivity contribution < 1.29 is 9.90 Å². The van der Waals surface area contributed by atoms with Crippen molar-refractivity contribution in [1.29, 1.82) is 0 Å². The van der Waals surface area contributed by atoms with Crippen LogP contribution in [0, 0.1) is 0 Å². The van der Waals surface area contributed by atoms with Gasteiger partial charge in [0.2, 0.25) is 0 Å². The van der Waals surface area contributed by atoms with Gasteiger partial charge in [-0.15, -0.1) is 0 Å². The SMILES string of the molecule is CN(Cc1nccn1C)C(=O)c1ccc2c(c1)[nH]c(=O)n2C1CCC(O)CC1. The molecule has 0 atom stereocenters. The Morgan fingerprint density at radius 1 is 1.32 bits per heavy atom. The van der Waals surface area contributed by atoms with Crippen LogP contribution in [0.2, 0.25) is 0 Å². The molecule has 8 nitrogen and oxygen atoms in total. The summed E-state index contributed by atoms with van der Waals surface area (Å²) in [4.78, 5) is 34.1. The van der Waals surface area contributed by atoms with Gasteiger partial charge in [0.15, 0.2) is 0 Å². The summed E-state index contributed by atoms with van der Waals surface area (Å²) in [5.41, 5.74) is 1.82. The Kier molecular flexibility index (Phi) is 4.80. The van der Waals surface area contributed by atoms with Gasteiger partial charge in [-0.1, -0.05) is 0 Å². The van der Waals surface area contributed by atoms with E-state index in [2.05, 4.69) is 9.97 Å². The van der Waals surface area contributed by atoms with Crippen molar-refractivity contribution in [1.82, 2.24) is 24.0 Å². The molecule has 0 aliphatic heterocycles. The molecule has 0 bridgehead atoms. The van der Waals surface area contributed by atoms with Gasteiger partial charge in [-0.3, -0.25) is 9.36 Å². The van der Waals surface area contributed by atoms with Crippen LogP contribution in [0.15, 0.2) is 35.4 Å². The quantitative estimate of drug-likeness (QED) is 0.718. The molecule has 1 amide bonds. The highest BCUT2D eigenvalue weighted by Crippen LogP contribution is 2.30. The number of aliphatic hydroxyl groups excluding tert-OH is 1. The van der Waals surface area contributed by atoms with Gasteiger partial charge in [-0.25, -0.2) is 9.78 Å². The minimum absolute atomic E-state index is 0.0808. The van der Waals surface area contributed by atoms with E-state index in [1.807, 2.05) is 23.9 Å². The maximum atomic E-state index is 12.8. The van der Waals surface area contributed by atoms with Gasteiger partial charge >= 0.3 is 5.69 Å². The van der Waals surface area contributed by atoms with Crippen LogP contribution in [0.5, 0.6) is 0 Å². The first-order chi connectivity index (χ1) is 13.4. The van der Waals surface area contributed by atoms with Crippen LogP contribution < -0.4 is 5.69 Å². The highest BCUT2D eigenvalue weighted by atomic mass is 16.3. The van der Waals surface area contributed by atoms with E-state index >= 15 is 0 Å². The molecule has 1 aliphatic carbocycles. The number of fused-ring (bicyclic) bond motifs is 1. The number of benzene rings is 1. The molecule has 0 spiro atoms. The van der Waals surface area contributed by atoms with E-state index in [1.54, 1.807) is 34.8 Å². The number of H-pyrrole nitrogens is 1. The molecule has 2 heterocycles. The fourth-order valence-corrected chi connectivity index (χ4v) is 4.00. The predicted octanol–water partition coefficient (Wildman–Crippen LogP) is 1.81. The standard InChI is InChI=1S/C20H25N5O3/c1-23-10-9-21-18(23)12-24(2)19(27)13-3-8-17-16(11-13)22-20(28)25(17)14-4-6-15(26)7-5-14/h3,8-11,14-15,26H,4-7,12H2,1-2H3,(H,22,28). The molecule has 1 fully saturated rings. The van der Waals surface area contributed by atoms with E-state index in [9.17, 15) is 14.7 Å². The zero-order valence-electron chi connectivity index (χ0n) is 16.1. The van der Waals surface area contributed by atoms with E-state index in [1.165, 1.54) is 0 Å². The number of nitrogens with one attached hydrogen (secondary N) is 1. The predicted molar refractivity (Wildman–Crippen MR) is 105 cm³/mol. The minimum atomic E-state index is -0.268. The van der Waals surface area contributed by atoms with Gasteiger partial charge in [0.25, 0.3) is 5.91 Å². The number of aryl methyl sites for hydroxylation is 1. The molecule has 4 rings (SSSR count). The molecule has 8 heteroatoms. The Balaban J connectivity index is 1.59. The lowest BCUT2D eigenvalue weighted by Gasteiger charge is -2.26. The van der Waals surface area contributed by atoms with Crippen LogP contribution >= 0.6 is 0 Å². The van der Waals surface area contributed by atoms with Crippen LogP contribution in [-0.2, 0) is 13.6 Å². The van der Waals surface area contributed by atoms with Crippen molar-refractivity contribution in [3.63, 3.8) is 0 Å². The van der Waals surface area contributed by atoms with Gasteiger partial charge in [-0.2, -0.15) is 0 Å². The van der Waals surface area contributed by atoms with E-state index in [-0.39, 0.29) is 23.7 Å². The second kappa shape index (κ2) is 7.27. The van der Waals surface area contributed by atoms with Crippen LogP contribution in [0.3, 0.4) is 0 Å². The molecular formula is C20H25N5O3.